The summed E-state index contributed by atoms with van der Waals surface area (Å²) in [5, 5.41) is 12.0. The summed E-state index contributed by atoms with van der Waals surface area (Å²) in [6, 6.07) is 4.91. The zero-order valence-electron chi connectivity index (χ0n) is 11.2. The van der Waals surface area contributed by atoms with Gasteiger partial charge in [-0.3, -0.25) is 4.79 Å². The number of imidazole rings is 1. The Hall–Kier alpha value is -2.45. The Labute approximate surface area is 129 Å². The summed E-state index contributed by atoms with van der Waals surface area (Å²) in [7, 11) is 0. The highest BCUT2D eigenvalue weighted by Crippen LogP contribution is 2.20. The number of aromatic amines is 2. The number of amides is 1. The number of rotatable bonds is 4. The smallest absolute Gasteiger partial charge is 0.254 e. The minimum Gasteiger partial charge on any atom is -0.467 e. The van der Waals surface area contributed by atoms with E-state index in [-0.39, 0.29) is 12.2 Å². The molecule has 1 aromatic carbocycles. The first kappa shape index (κ1) is 14.5. The third kappa shape index (κ3) is 2.66. The number of furan rings is 1. The van der Waals surface area contributed by atoms with Crippen LogP contribution in [0, 0.1) is 10.6 Å². The standard InChI is InChI=1S/C14H12FN3O3S/c15-7-4-8(12-9(5-7)17-14(22)18-12)13(20)16-10(6-19)11-2-1-3-21-11/h1-5,10,19H,6H2,(H,16,20)(H2,17,18,22). The quantitative estimate of drug-likeness (QED) is 0.555. The number of aliphatic hydroxyl groups excluding tert-OH is 1. The predicted molar refractivity (Wildman–Crippen MR) is 79.4 cm³/mol. The zero-order chi connectivity index (χ0) is 15.7. The lowest BCUT2D eigenvalue weighted by atomic mass is 10.1. The highest BCUT2D eigenvalue weighted by Gasteiger charge is 2.20. The fourth-order valence-electron chi connectivity index (χ4n) is 2.22. The van der Waals surface area contributed by atoms with Crippen molar-refractivity contribution in [3.63, 3.8) is 0 Å². The molecule has 0 saturated heterocycles. The van der Waals surface area contributed by atoms with Gasteiger partial charge in [-0.15, -0.1) is 0 Å². The van der Waals surface area contributed by atoms with Gasteiger partial charge in [-0.25, -0.2) is 4.39 Å². The highest BCUT2D eigenvalue weighted by molar-refractivity contribution is 7.71. The first-order chi connectivity index (χ1) is 10.6. The summed E-state index contributed by atoms with van der Waals surface area (Å²) >= 11 is 4.96. The van der Waals surface area contributed by atoms with Gasteiger partial charge in [0.1, 0.15) is 17.6 Å². The van der Waals surface area contributed by atoms with Gasteiger partial charge < -0.3 is 24.8 Å². The van der Waals surface area contributed by atoms with Crippen molar-refractivity contribution in [3.05, 3.63) is 52.4 Å². The molecule has 114 valence electrons. The van der Waals surface area contributed by atoms with Gasteiger partial charge in [0.25, 0.3) is 5.91 Å². The van der Waals surface area contributed by atoms with Crippen molar-refractivity contribution in [2.75, 3.05) is 6.61 Å². The van der Waals surface area contributed by atoms with Crippen LogP contribution in [0.2, 0.25) is 0 Å². The number of aliphatic hydroxyl groups is 1. The van der Waals surface area contributed by atoms with E-state index in [2.05, 4.69) is 15.3 Å². The van der Waals surface area contributed by atoms with Crippen molar-refractivity contribution < 1.29 is 18.7 Å². The van der Waals surface area contributed by atoms with Crippen LogP contribution < -0.4 is 5.32 Å². The molecule has 2 heterocycles. The van der Waals surface area contributed by atoms with Crippen molar-refractivity contribution in [2.24, 2.45) is 0 Å². The molecule has 0 aliphatic heterocycles. The van der Waals surface area contributed by atoms with Gasteiger partial charge in [0.15, 0.2) is 4.77 Å². The topological polar surface area (TPSA) is 94.0 Å². The lowest BCUT2D eigenvalue weighted by Gasteiger charge is -2.14. The van der Waals surface area contributed by atoms with Crippen molar-refractivity contribution in [1.29, 1.82) is 0 Å². The first-order valence-electron chi connectivity index (χ1n) is 6.45. The Kier molecular flexibility index (Phi) is 3.78. The molecule has 0 aliphatic rings. The molecule has 0 radical (unpaired) electrons. The Morgan fingerprint density at radius 3 is 2.95 bits per heavy atom. The normalized spacial score (nSPS) is 12.5. The molecule has 4 N–H and O–H groups in total. The molecular weight excluding hydrogens is 309 g/mol. The van der Waals surface area contributed by atoms with Crippen LogP contribution in [0.1, 0.15) is 22.2 Å². The molecule has 0 spiro atoms. The van der Waals surface area contributed by atoms with E-state index in [1.165, 1.54) is 12.3 Å². The van der Waals surface area contributed by atoms with E-state index >= 15 is 0 Å². The molecule has 0 saturated carbocycles. The Morgan fingerprint density at radius 1 is 1.45 bits per heavy atom. The number of nitrogens with one attached hydrogen (secondary N) is 3. The third-order valence-corrected chi connectivity index (χ3v) is 3.41. The number of hydrogen-bond donors (Lipinski definition) is 4. The number of hydrogen-bond acceptors (Lipinski definition) is 4. The summed E-state index contributed by atoms with van der Waals surface area (Å²) in [4.78, 5) is 18.0. The van der Waals surface area contributed by atoms with Crippen molar-refractivity contribution >= 4 is 29.2 Å². The van der Waals surface area contributed by atoms with Gasteiger partial charge in [0, 0.05) is 0 Å². The molecule has 0 aliphatic carbocycles. The van der Waals surface area contributed by atoms with Gasteiger partial charge in [-0.2, -0.15) is 0 Å². The van der Waals surface area contributed by atoms with Crippen LogP contribution in [0.25, 0.3) is 11.0 Å². The molecule has 2 aromatic heterocycles. The SMILES string of the molecule is O=C(NC(CO)c1ccco1)c1cc(F)cc2[nH]c(=S)[nH]c12. The minimum atomic E-state index is -0.720. The summed E-state index contributed by atoms with van der Waals surface area (Å²) in [5.41, 5.74) is 0.890. The van der Waals surface area contributed by atoms with E-state index in [9.17, 15) is 14.3 Å². The summed E-state index contributed by atoms with van der Waals surface area (Å²) in [6.45, 7) is -0.346. The van der Waals surface area contributed by atoms with Crippen LogP contribution in [-0.4, -0.2) is 27.6 Å². The van der Waals surface area contributed by atoms with Gasteiger partial charge in [0.2, 0.25) is 0 Å². The van der Waals surface area contributed by atoms with Crippen LogP contribution in [0.15, 0.2) is 34.9 Å². The van der Waals surface area contributed by atoms with E-state index in [0.717, 1.165) is 6.07 Å². The van der Waals surface area contributed by atoms with Crippen LogP contribution in [0.4, 0.5) is 4.39 Å². The van der Waals surface area contributed by atoms with E-state index in [1.54, 1.807) is 12.1 Å². The minimum absolute atomic E-state index is 0.0901. The maximum atomic E-state index is 13.6. The second kappa shape index (κ2) is 5.74. The van der Waals surface area contributed by atoms with Crippen molar-refractivity contribution in [2.45, 2.75) is 6.04 Å². The molecule has 0 fully saturated rings. The number of carbonyl (C=O) groups excluding carboxylic acids is 1. The predicted octanol–water partition coefficient (Wildman–Crippen LogP) is 2.42. The Balaban J connectivity index is 1.96. The molecule has 1 unspecified atom stereocenters. The highest BCUT2D eigenvalue weighted by atomic mass is 32.1. The number of benzene rings is 1. The van der Waals surface area contributed by atoms with Gasteiger partial charge >= 0.3 is 0 Å². The van der Waals surface area contributed by atoms with Crippen LogP contribution in [0.3, 0.4) is 0 Å². The molecule has 6 nitrogen and oxygen atoms in total. The molecule has 22 heavy (non-hydrogen) atoms. The molecule has 3 aromatic rings. The second-order valence-electron chi connectivity index (χ2n) is 4.68. The molecule has 0 bridgehead atoms. The number of aromatic nitrogens is 2. The lowest BCUT2D eigenvalue weighted by molar-refractivity contribution is 0.0908. The maximum absolute atomic E-state index is 13.6. The summed E-state index contributed by atoms with van der Waals surface area (Å²) in [5.74, 6) is -0.711. The second-order valence-corrected chi connectivity index (χ2v) is 5.09. The molecule has 3 rings (SSSR count). The molecule has 8 heteroatoms. The van der Waals surface area contributed by atoms with Gasteiger partial charge in [0.05, 0.1) is 29.5 Å². The molecule has 1 amide bonds. The molecular formula is C14H12FN3O3S. The summed E-state index contributed by atoms with van der Waals surface area (Å²) in [6.07, 6.45) is 1.44. The number of fused-ring (bicyclic) bond motifs is 1. The first-order valence-corrected chi connectivity index (χ1v) is 6.86. The van der Waals surface area contributed by atoms with E-state index in [4.69, 9.17) is 16.6 Å². The number of H-pyrrole nitrogens is 2. The average Bonchev–Trinajstić information content (AvgIpc) is 3.12. The van der Waals surface area contributed by atoms with Crippen molar-refractivity contribution in [1.82, 2.24) is 15.3 Å². The fourth-order valence-corrected chi connectivity index (χ4v) is 2.43. The average molecular weight is 321 g/mol. The monoisotopic (exact) mass is 321 g/mol. The van der Waals surface area contributed by atoms with Gasteiger partial charge in [-0.1, -0.05) is 0 Å². The van der Waals surface area contributed by atoms with E-state index in [1.807, 2.05) is 0 Å². The van der Waals surface area contributed by atoms with Crippen LogP contribution in [-0.2, 0) is 0 Å². The van der Waals surface area contributed by atoms with Crippen LogP contribution in [0.5, 0.6) is 0 Å². The van der Waals surface area contributed by atoms with Gasteiger partial charge in [-0.05, 0) is 36.5 Å². The van der Waals surface area contributed by atoms with E-state index in [0.29, 0.717) is 21.6 Å². The largest absolute Gasteiger partial charge is 0.467 e. The van der Waals surface area contributed by atoms with Crippen LogP contribution >= 0.6 is 12.2 Å². The number of halogens is 1. The Morgan fingerprint density at radius 2 is 2.27 bits per heavy atom. The Bertz CT molecular complexity index is 869. The van der Waals surface area contributed by atoms with Crippen molar-refractivity contribution in [3.8, 4) is 0 Å². The summed E-state index contributed by atoms with van der Waals surface area (Å²) < 4.78 is 19.1. The maximum Gasteiger partial charge on any atom is 0.254 e. The zero-order valence-corrected chi connectivity index (χ0v) is 12.0. The lowest BCUT2D eigenvalue weighted by Crippen LogP contribution is -2.30. The fraction of sp³-hybridized carbons (Fsp3) is 0.143. The van der Waals surface area contributed by atoms with E-state index < -0.39 is 17.8 Å². The molecule has 1 atom stereocenters. The number of carbonyl (C=O) groups is 1. The third-order valence-electron chi connectivity index (χ3n) is 3.21.